The number of hydrogen-bond acceptors (Lipinski definition) is 7. The number of nitrogens with zero attached hydrogens (tertiary/aromatic N) is 1. The molecule has 0 bridgehead atoms. The molecule has 0 saturated heterocycles. The van der Waals surface area contributed by atoms with E-state index in [1.54, 1.807) is 6.07 Å². The lowest BCUT2D eigenvalue weighted by Crippen LogP contribution is -2.46. The summed E-state index contributed by atoms with van der Waals surface area (Å²) in [7, 11) is 4.09. The van der Waals surface area contributed by atoms with E-state index in [9.17, 15) is 9.59 Å². The van der Waals surface area contributed by atoms with Gasteiger partial charge in [-0.05, 0) is 80.4 Å². The standard InChI is InChI=1S/C26H29NO4S2.ClH/c1-27(2)18-21(19-10-12-20(13-11-19)30-24(28)22-8-6-16-32-22)26(14-4-3-5-15-26)31-25(29)23-9-7-17-33-23;/h6-13,16-17,21H,3-5,14-15,18H2,1-2H3;1H. The Hall–Kier alpha value is -2.19. The van der Waals surface area contributed by atoms with Crippen LogP contribution in [0.3, 0.4) is 0 Å². The third-order valence-corrected chi connectivity index (χ3v) is 7.82. The van der Waals surface area contributed by atoms with Crippen LogP contribution in [-0.2, 0) is 4.74 Å². The Morgan fingerprint density at radius 2 is 1.50 bits per heavy atom. The second-order valence-electron chi connectivity index (χ2n) is 8.74. The van der Waals surface area contributed by atoms with Gasteiger partial charge in [0.05, 0.1) is 0 Å². The molecule has 4 rings (SSSR count). The topological polar surface area (TPSA) is 55.8 Å². The second-order valence-corrected chi connectivity index (χ2v) is 10.6. The number of carbonyl (C=O) groups excluding carboxylic acids is 2. The zero-order valence-corrected chi connectivity index (χ0v) is 21.8. The van der Waals surface area contributed by atoms with Gasteiger partial charge in [-0.15, -0.1) is 35.1 Å². The number of carbonyl (C=O) groups is 2. The van der Waals surface area contributed by atoms with Crippen LogP contribution < -0.4 is 4.74 Å². The Bertz CT molecular complexity index is 1040. The van der Waals surface area contributed by atoms with Crippen LogP contribution in [0.4, 0.5) is 0 Å². The van der Waals surface area contributed by atoms with Crippen LogP contribution in [0.1, 0.15) is 62.9 Å². The molecule has 1 atom stereocenters. The second kappa shape index (κ2) is 12.0. The van der Waals surface area contributed by atoms with Crippen molar-refractivity contribution in [2.24, 2.45) is 0 Å². The lowest BCUT2D eigenvalue weighted by molar-refractivity contribution is -0.0571. The Morgan fingerprint density at radius 1 is 0.912 bits per heavy atom. The molecule has 1 aliphatic rings. The highest BCUT2D eigenvalue weighted by atomic mass is 35.5. The number of hydrogen-bond donors (Lipinski definition) is 0. The summed E-state index contributed by atoms with van der Waals surface area (Å²) in [5.74, 6) is -0.0684. The molecular formula is C26H30ClNO4S2. The van der Waals surface area contributed by atoms with Crippen molar-refractivity contribution in [3.63, 3.8) is 0 Å². The van der Waals surface area contributed by atoms with Crippen molar-refractivity contribution in [2.75, 3.05) is 20.6 Å². The number of halogens is 1. The Balaban J connectivity index is 0.00000324. The summed E-state index contributed by atoms with van der Waals surface area (Å²) in [5, 5.41) is 3.75. The first-order valence-corrected chi connectivity index (χ1v) is 13.0. The number of esters is 2. The largest absolute Gasteiger partial charge is 0.454 e. The van der Waals surface area contributed by atoms with Crippen molar-refractivity contribution >= 4 is 47.0 Å². The van der Waals surface area contributed by atoms with Gasteiger partial charge < -0.3 is 14.4 Å². The minimum atomic E-state index is -0.557. The average molecular weight is 520 g/mol. The van der Waals surface area contributed by atoms with E-state index in [4.69, 9.17) is 9.47 Å². The van der Waals surface area contributed by atoms with Crippen molar-refractivity contribution in [1.29, 1.82) is 0 Å². The molecule has 0 N–H and O–H groups in total. The summed E-state index contributed by atoms with van der Waals surface area (Å²) < 4.78 is 11.9. The molecule has 8 heteroatoms. The van der Waals surface area contributed by atoms with E-state index in [0.717, 1.165) is 44.2 Å². The maximum atomic E-state index is 13.0. The van der Waals surface area contributed by atoms with Gasteiger partial charge in [0.1, 0.15) is 21.1 Å². The first kappa shape index (κ1) is 26.4. The predicted octanol–water partition coefficient (Wildman–Crippen LogP) is 6.66. The van der Waals surface area contributed by atoms with Crippen LogP contribution in [-0.4, -0.2) is 43.1 Å². The van der Waals surface area contributed by atoms with Crippen LogP contribution in [0, 0.1) is 0 Å². The van der Waals surface area contributed by atoms with Gasteiger partial charge >= 0.3 is 11.9 Å². The summed E-state index contributed by atoms with van der Waals surface area (Å²) in [6.45, 7) is 0.756. The smallest absolute Gasteiger partial charge is 0.353 e. The van der Waals surface area contributed by atoms with Gasteiger partial charge in [-0.3, -0.25) is 0 Å². The SMILES string of the molecule is CN(C)CC(c1ccc(OC(=O)c2cccs2)cc1)C1(OC(=O)c2cccs2)CCCCC1.Cl. The van der Waals surface area contributed by atoms with Crippen molar-refractivity contribution < 1.29 is 19.1 Å². The Labute approximate surface area is 215 Å². The molecule has 5 nitrogen and oxygen atoms in total. The molecule has 1 aromatic carbocycles. The quantitative estimate of drug-likeness (QED) is 0.246. The van der Waals surface area contributed by atoms with Crippen LogP contribution in [0.15, 0.2) is 59.3 Å². The monoisotopic (exact) mass is 519 g/mol. The van der Waals surface area contributed by atoms with Crippen molar-refractivity contribution in [3.05, 3.63) is 74.6 Å². The maximum absolute atomic E-state index is 13.0. The van der Waals surface area contributed by atoms with Crippen LogP contribution >= 0.6 is 35.1 Å². The summed E-state index contributed by atoms with van der Waals surface area (Å²) in [6, 6.07) is 15.0. The predicted molar refractivity (Wildman–Crippen MR) is 140 cm³/mol. The summed E-state index contributed by atoms with van der Waals surface area (Å²) in [5.41, 5.74) is 0.527. The van der Waals surface area contributed by atoms with E-state index < -0.39 is 5.60 Å². The fourth-order valence-corrected chi connectivity index (χ4v) is 5.76. The molecule has 1 unspecified atom stereocenters. The highest BCUT2D eigenvalue weighted by Crippen LogP contribution is 2.44. The van der Waals surface area contributed by atoms with Crippen LogP contribution in [0.2, 0.25) is 0 Å². The van der Waals surface area contributed by atoms with Crippen molar-refractivity contribution in [3.8, 4) is 5.75 Å². The molecule has 3 aromatic rings. The zero-order chi connectivity index (χ0) is 23.3. The summed E-state index contributed by atoms with van der Waals surface area (Å²) >= 11 is 2.77. The number of thiophene rings is 2. The summed E-state index contributed by atoms with van der Waals surface area (Å²) in [6.07, 6.45) is 4.93. The molecule has 1 saturated carbocycles. The zero-order valence-electron chi connectivity index (χ0n) is 19.4. The molecule has 34 heavy (non-hydrogen) atoms. The molecule has 0 amide bonds. The van der Waals surface area contributed by atoms with Gasteiger partial charge in [0.2, 0.25) is 0 Å². The fraction of sp³-hybridized carbons (Fsp3) is 0.385. The molecule has 182 valence electrons. The van der Waals surface area contributed by atoms with E-state index in [1.165, 1.54) is 22.7 Å². The summed E-state index contributed by atoms with van der Waals surface area (Å²) in [4.78, 5) is 28.7. The number of rotatable bonds is 8. The normalized spacial score (nSPS) is 15.9. The van der Waals surface area contributed by atoms with Crippen LogP contribution in [0.5, 0.6) is 5.75 Å². The molecule has 0 aliphatic heterocycles. The van der Waals surface area contributed by atoms with E-state index in [-0.39, 0.29) is 30.3 Å². The third kappa shape index (κ3) is 6.27. The minimum absolute atomic E-state index is 0. The Morgan fingerprint density at radius 3 is 2.03 bits per heavy atom. The van der Waals surface area contributed by atoms with Gasteiger partial charge in [0, 0.05) is 12.5 Å². The van der Waals surface area contributed by atoms with E-state index in [1.807, 2.05) is 67.3 Å². The van der Waals surface area contributed by atoms with Gasteiger partial charge in [-0.1, -0.05) is 30.7 Å². The third-order valence-electron chi connectivity index (χ3n) is 6.12. The fourth-order valence-electron chi connectivity index (χ4n) is 4.56. The van der Waals surface area contributed by atoms with Gasteiger partial charge in [-0.25, -0.2) is 9.59 Å². The van der Waals surface area contributed by atoms with Gasteiger partial charge in [0.25, 0.3) is 0 Å². The van der Waals surface area contributed by atoms with E-state index >= 15 is 0 Å². The first-order chi connectivity index (χ1) is 16.0. The average Bonchev–Trinajstić information content (AvgIpc) is 3.53. The van der Waals surface area contributed by atoms with Crippen molar-refractivity contribution in [2.45, 2.75) is 43.6 Å². The maximum Gasteiger partial charge on any atom is 0.353 e. The molecule has 1 fully saturated rings. The van der Waals surface area contributed by atoms with Crippen molar-refractivity contribution in [1.82, 2.24) is 4.90 Å². The van der Waals surface area contributed by atoms with E-state index in [2.05, 4.69) is 4.90 Å². The number of benzene rings is 1. The molecule has 2 aromatic heterocycles. The van der Waals surface area contributed by atoms with Gasteiger partial charge in [0.15, 0.2) is 0 Å². The van der Waals surface area contributed by atoms with Crippen LogP contribution in [0.25, 0.3) is 0 Å². The molecule has 0 spiro atoms. The van der Waals surface area contributed by atoms with Gasteiger partial charge in [-0.2, -0.15) is 0 Å². The van der Waals surface area contributed by atoms with E-state index in [0.29, 0.717) is 15.5 Å². The first-order valence-electron chi connectivity index (χ1n) is 11.2. The molecular weight excluding hydrogens is 490 g/mol. The lowest BCUT2D eigenvalue weighted by Gasteiger charge is -2.44. The highest BCUT2D eigenvalue weighted by Gasteiger charge is 2.44. The Kier molecular flexibility index (Phi) is 9.31. The molecule has 0 radical (unpaired) electrons. The minimum Gasteiger partial charge on any atom is -0.454 e. The highest BCUT2D eigenvalue weighted by molar-refractivity contribution is 7.12. The number of likely N-dealkylation sites (N-methyl/N-ethyl adjacent to an activating group) is 1. The lowest BCUT2D eigenvalue weighted by atomic mass is 9.72. The number of ether oxygens (including phenoxy) is 2. The molecule has 1 aliphatic carbocycles. The molecule has 2 heterocycles.